The van der Waals surface area contributed by atoms with Crippen LogP contribution in [0.5, 0.6) is 0 Å². The van der Waals surface area contributed by atoms with E-state index in [0.717, 1.165) is 36.2 Å². The minimum absolute atomic E-state index is 0.205. The summed E-state index contributed by atoms with van der Waals surface area (Å²) in [6.45, 7) is 8.93. The van der Waals surface area contributed by atoms with Crippen LogP contribution in [0.3, 0.4) is 0 Å². The number of dihydropyridines is 1. The van der Waals surface area contributed by atoms with Gasteiger partial charge < -0.3 is 10.2 Å². The number of carbonyl (C=O) groups excluding carboxylic acids is 2. The number of nitrogens with one attached hydrogen (secondary N) is 1. The quantitative estimate of drug-likeness (QED) is 0.688. The van der Waals surface area contributed by atoms with Crippen molar-refractivity contribution in [1.82, 2.24) is 5.32 Å². The van der Waals surface area contributed by atoms with Gasteiger partial charge in [0, 0.05) is 41.1 Å². The molecule has 1 fully saturated rings. The van der Waals surface area contributed by atoms with E-state index in [-0.39, 0.29) is 18.4 Å². The van der Waals surface area contributed by atoms with Crippen molar-refractivity contribution in [2.24, 2.45) is 10.9 Å². The summed E-state index contributed by atoms with van der Waals surface area (Å²) in [5.41, 5.74) is 4.13. The molecule has 30 heavy (non-hydrogen) atoms. The number of allylic oxidation sites excluding steroid dienone is 1. The summed E-state index contributed by atoms with van der Waals surface area (Å²) < 4.78 is 0. The maximum Gasteiger partial charge on any atom is 0.254 e. The van der Waals surface area contributed by atoms with Crippen LogP contribution < -0.4 is 10.2 Å². The number of thioether (sulfide) groups is 1. The average molecular weight is 448 g/mol. The van der Waals surface area contributed by atoms with E-state index in [2.05, 4.69) is 22.1 Å². The molecule has 1 N–H and O–H groups in total. The minimum atomic E-state index is -0.413. The fourth-order valence-corrected chi connectivity index (χ4v) is 5.56. The van der Waals surface area contributed by atoms with Gasteiger partial charge in [-0.05, 0) is 75.8 Å². The molecule has 1 saturated heterocycles. The number of nitrogens with zero attached hydrogens (tertiary/aromatic N) is 2. The van der Waals surface area contributed by atoms with Crippen molar-refractivity contribution < 1.29 is 9.59 Å². The second-order valence-corrected chi connectivity index (χ2v) is 9.63. The fraction of sp³-hybridized carbons (Fsp3) is 0.522. The van der Waals surface area contributed by atoms with E-state index in [1.54, 1.807) is 13.0 Å². The molecule has 1 unspecified atom stereocenters. The molecule has 1 atom stereocenters. The van der Waals surface area contributed by atoms with Crippen molar-refractivity contribution in [3.63, 3.8) is 0 Å². The van der Waals surface area contributed by atoms with Crippen LogP contribution in [0.15, 0.2) is 28.8 Å². The van der Waals surface area contributed by atoms with Gasteiger partial charge in [0.2, 0.25) is 0 Å². The van der Waals surface area contributed by atoms with E-state index in [0.29, 0.717) is 22.3 Å². The summed E-state index contributed by atoms with van der Waals surface area (Å²) in [5.74, 6) is 1.50. The largest absolute Gasteiger partial charge is 0.368 e. The van der Waals surface area contributed by atoms with E-state index in [4.69, 9.17) is 11.6 Å². The Kier molecular flexibility index (Phi) is 7.64. The summed E-state index contributed by atoms with van der Waals surface area (Å²) in [6.07, 6.45) is 4.17. The molecule has 0 aromatic heterocycles. The Bertz CT molecular complexity index is 891. The second kappa shape index (κ2) is 10.0. The van der Waals surface area contributed by atoms with Crippen molar-refractivity contribution in [3.8, 4) is 0 Å². The fourth-order valence-electron chi connectivity index (χ4n) is 4.27. The van der Waals surface area contributed by atoms with Gasteiger partial charge in [0.15, 0.2) is 0 Å². The van der Waals surface area contributed by atoms with E-state index in [9.17, 15) is 9.59 Å². The molecule has 0 radical (unpaired) electrons. The highest BCUT2D eigenvalue weighted by atomic mass is 35.5. The first kappa shape index (κ1) is 22.9. The zero-order valence-electron chi connectivity index (χ0n) is 18.1. The van der Waals surface area contributed by atoms with Crippen molar-refractivity contribution in [2.75, 3.05) is 29.5 Å². The molecule has 0 spiro atoms. The highest BCUT2D eigenvalue weighted by Crippen LogP contribution is 2.33. The van der Waals surface area contributed by atoms with Gasteiger partial charge >= 0.3 is 0 Å². The molecule has 1 aromatic rings. The van der Waals surface area contributed by atoms with Crippen molar-refractivity contribution in [3.05, 3.63) is 39.9 Å². The lowest BCUT2D eigenvalue weighted by molar-refractivity contribution is -0.120. The van der Waals surface area contributed by atoms with Crippen LogP contribution in [0.4, 0.5) is 5.69 Å². The van der Waals surface area contributed by atoms with Gasteiger partial charge in [0.1, 0.15) is 0 Å². The molecule has 5 nitrogen and oxygen atoms in total. The summed E-state index contributed by atoms with van der Waals surface area (Å²) >= 11 is 8.43. The minimum Gasteiger partial charge on any atom is -0.368 e. The van der Waals surface area contributed by atoms with Crippen LogP contribution in [0.2, 0.25) is 5.02 Å². The predicted molar refractivity (Wildman–Crippen MR) is 127 cm³/mol. The Labute approximate surface area is 188 Å². The van der Waals surface area contributed by atoms with Gasteiger partial charge in [0.05, 0.1) is 5.92 Å². The zero-order valence-corrected chi connectivity index (χ0v) is 19.7. The van der Waals surface area contributed by atoms with Crippen LogP contribution in [0, 0.1) is 12.8 Å². The molecule has 7 heteroatoms. The van der Waals surface area contributed by atoms with Gasteiger partial charge in [-0.15, -0.1) is 0 Å². The van der Waals surface area contributed by atoms with Gasteiger partial charge in [-0.25, -0.2) is 4.99 Å². The van der Waals surface area contributed by atoms with E-state index >= 15 is 0 Å². The number of hydrogen-bond donors (Lipinski definition) is 1. The number of rotatable bonds is 6. The lowest BCUT2D eigenvalue weighted by Gasteiger charge is -2.36. The van der Waals surface area contributed by atoms with Crippen molar-refractivity contribution in [2.45, 2.75) is 46.6 Å². The molecule has 2 aliphatic heterocycles. The molecule has 1 aromatic carbocycles. The molecule has 2 aliphatic rings. The molecule has 162 valence electrons. The van der Waals surface area contributed by atoms with Crippen LogP contribution in [0.1, 0.15) is 49.5 Å². The average Bonchev–Trinajstić information content (AvgIpc) is 2.70. The van der Waals surface area contributed by atoms with E-state index in [1.807, 2.05) is 37.8 Å². The molecular formula is C23H30ClN3O2S. The van der Waals surface area contributed by atoms with Crippen LogP contribution in [0.25, 0.3) is 0 Å². The van der Waals surface area contributed by atoms with Gasteiger partial charge in [-0.3, -0.25) is 9.59 Å². The van der Waals surface area contributed by atoms with Gasteiger partial charge in [0.25, 0.3) is 11.8 Å². The standard InChI is InChI=1S/C23H30ClN3O2S/c1-5-27(18-6-8-30-9-7-18)21-12-17(24)11-19(16(21)4)22(28)25-13-20-14(2)10-15(3)26-23(20)29/h10-12,18,20H,5-9,13H2,1-4H3,(H,25,28). The number of amides is 2. The smallest absolute Gasteiger partial charge is 0.254 e. The monoisotopic (exact) mass is 447 g/mol. The van der Waals surface area contributed by atoms with Gasteiger partial charge in [-0.1, -0.05) is 17.2 Å². The van der Waals surface area contributed by atoms with Crippen LogP contribution in [-0.2, 0) is 4.79 Å². The lowest BCUT2D eigenvalue weighted by Crippen LogP contribution is -2.39. The topological polar surface area (TPSA) is 61.8 Å². The highest BCUT2D eigenvalue weighted by molar-refractivity contribution is 7.99. The predicted octanol–water partition coefficient (Wildman–Crippen LogP) is 4.66. The summed E-state index contributed by atoms with van der Waals surface area (Å²) in [5, 5.41) is 3.48. The lowest BCUT2D eigenvalue weighted by atomic mass is 9.95. The Balaban J connectivity index is 1.79. The van der Waals surface area contributed by atoms with Crippen LogP contribution >= 0.6 is 23.4 Å². The molecule has 2 heterocycles. The number of hydrogen-bond acceptors (Lipinski definition) is 4. The zero-order chi connectivity index (χ0) is 21.8. The van der Waals surface area contributed by atoms with Crippen molar-refractivity contribution >= 4 is 46.6 Å². The molecule has 0 bridgehead atoms. The summed E-state index contributed by atoms with van der Waals surface area (Å²) in [7, 11) is 0. The van der Waals surface area contributed by atoms with E-state index in [1.165, 1.54) is 11.5 Å². The molecular weight excluding hydrogens is 418 g/mol. The number of carbonyl (C=O) groups is 2. The normalized spacial score (nSPS) is 19.9. The van der Waals surface area contributed by atoms with Crippen LogP contribution in [-0.4, -0.2) is 48.2 Å². The molecule has 0 aliphatic carbocycles. The van der Waals surface area contributed by atoms with Gasteiger partial charge in [-0.2, -0.15) is 11.8 Å². The Morgan fingerprint density at radius 2 is 1.97 bits per heavy atom. The summed E-state index contributed by atoms with van der Waals surface area (Å²) in [4.78, 5) is 31.7. The number of benzene rings is 1. The number of anilines is 1. The second-order valence-electron chi connectivity index (χ2n) is 7.97. The third-order valence-electron chi connectivity index (χ3n) is 5.91. The number of halogens is 1. The third-order valence-corrected chi connectivity index (χ3v) is 7.18. The molecule has 0 saturated carbocycles. The first-order chi connectivity index (χ1) is 14.3. The summed E-state index contributed by atoms with van der Waals surface area (Å²) in [6, 6.07) is 4.15. The maximum atomic E-state index is 13.0. The third kappa shape index (κ3) is 5.09. The molecule has 2 amide bonds. The SMILES string of the molecule is CCN(c1cc(Cl)cc(C(=O)NCC2C(=O)N=C(C)C=C2C)c1C)C1CCSCC1. The molecule has 3 rings (SSSR count). The Morgan fingerprint density at radius 1 is 1.27 bits per heavy atom. The maximum absolute atomic E-state index is 13.0. The van der Waals surface area contributed by atoms with E-state index < -0.39 is 5.92 Å². The Morgan fingerprint density at radius 3 is 2.60 bits per heavy atom. The van der Waals surface area contributed by atoms with Crippen molar-refractivity contribution in [1.29, 1.82) is 0 Å². The first-order valence-electron chi connectivity index (χ1n) is 10.5. The number of aliphatic imine (C=N–C) groups is 1. The highest BCUT2D eigenvalue weighted by Gasteiger charge is 2.26. The Hall–Kier alpha value is -1.79. The first-order valence-corrected chi connectivity index (χ1v) is 12.0.